The summed E-state index contributed by atoms with van der Waals surface area (Å²) >= 11 is 0. The first-order valence-corrected chi connectivity index (χ1v) is 10.2. The van der Waals surface area contributed by atoms with Crippen molar-refractivity contribution in [3.8, 4) is 0 Å². The van der Waals surface area contributed by atoms with E-state index < -0.39 is 43.6 Å². The fourth-order valence-electron chi connectivity index (χ4n) is 0.661. The summed E-state index contributed by atoms with van der Waals surface area (Å²) < 4.78 is 60.3. The second-order valence-corrected chi connectivity index (χ2v) is 8.91. The van der Waals surface area contributed by atoms with Crippen molar-refractivity contribution in [2.45, 2.75) is 0 Å². The van der Waals surface area contributed by atoms with Crippen LogP contribution in [0, 0.1) is 0 Å². The first-order valence-electron chi connectivity index (χ1n) is 4.25. The van der Waals surface area contributed by atoms with Gasteiger partial charge in [0.2, 0.25) is 0 Å². The van der Waals surface area contributed by atoms with Gasteiger partial charge in [-0.25, -0.2) is 27.8 Å². The molecule has 23 heavy (non-hydrogen) atoms. The predicted molar refractivity (Wildman–Crippen MR) is 60.8 cm³/mol. The highest BCUT2D eigenvalue weighted by molar-refractivity contribution is 7.70. The molecule has 0 radical (unpaired) electrons. The predicted octanol–water partition coefficient (Wildman–Crippen LogP) is 0.827. The van der Waals surface area contributed by atoms with Crippen molar-refractivity contribution in [2.75, 3.05) is 0 Å². The summed E-state index contributed by atoms with van der Waals surface area (Å²) in [4.78, 5) is 54.5. The van der Waals surface area contributed by atoms with E-state index in [0.29, 0.717) is 0 Å². The lowest BCUT2D eigenvalue weighted by Crippen LogP contribution is -2.06. The van der Waals surface area contributed by atoms with Crippen LogP contribution in [0.2, 0.25) is 0 Å². The summed E-state index contributed by atoms with van der Waals surface area (Å²) in [5.41, 5.74) is 0. The molecule has 0 aliphatic rings. The fraction of sp³-hybridized carbons (Fsp3) is 0. The van der Waals surface area contributed by atoms with Crippen LogP contribution in [-0.2, 0) is 40.2 Å². The summed E-state index contributed by atoms with van der Waals surface area (Å²) in [6, 6.07) is 0. The number of phosphoric ester groups is 1. The number of hydrogen-bond acceptors (Lipinski definition) is 11. The number of hydrogen-bond donors (Lipinski definition) is 6. The van der Waals surface area contributed by atoms with Gasteiger partial charge in [-0.3, -0.25) is 4.89 Å². The molecule has 0 fully saturated rings. The van der Waals surface area contributed by atoms with Crippen LogP contribution in [-0.4, -0.2) is 42.1 Å². The molecule has 0 aromatic heterocycles. The Morgan fingerprint density at radius 3 is 1.39 bits per heavy atom. The molecule has 0 bridgehead atoms. The smallest absolute Gasteiger partial charge is 0.449 e. The van der Waals surface area contributed by atoms with Gasteiger partial charge in [0.05, 0.1) is 0 Å². The molecule has 0 amide bonds. The van der Waals surface area contributed by atoms with Crippen LogP contribution in [0.5, 0.6) is 0 Å². The lowest BCUT2D eigenvalue weighted by Gasteiger charge is -2.19. The molecule has 0 aliphatic carbocycles. The van der Waals surface area contributed by atoms with E-state index in [9.17, 15) is 27.8 Å². The van der Waals surface area contributed by atoms with E-state index >= 15 is 0 Å². The molecule has 0 heterocycles. The lowest BCUT2D eigenvalue weighted by atomic mass is 11.5. The van der Waals surface area contributed by atoms with Gasteiger partial charge in [0.1, 0.15) is 0 Å². The van der Waals surface area contributed by atoms with Crippen molar-refractivity contribution in [1.82, 2.24) is 0 Å². The van der Waals surface area contributed by atoms with Crippen molar-refractivity contribution in [2.24, 2.45) is 0 Å². The molecule has 136 valence electrons. The van der Waals surface area contributed by atoms with Gasteiger partial charge < -0.3 is 33.9 Å². The number of carboxylic acid groups (broad SMARTS) is 2. The van der Waals surface area contributed by atoms with Crippen LogP contribution in [0.3, 0.4) is 0 Å². The maximum atomic E-state index is 11.6. The van der Waals surface area contributed by atoms with Crippen LogP contribution in [0.15, 0.2) is 0 Å². The van der Waals surface area contributed by atoms with Crippen molar-refractivity contribution >= 4 is 43.6 Å². The zero-order valence-electron chi connectivity index (χ0n) is 9.96. The van der Waals surface area contributed by atoms with Crippen molar-refractivity contribution in [3.05, 3.63) is 0 Å². The van der Waals surface area contributed by atoms with Gasteiger partial charge in [0.25, 0.3) is 0 Å². The maximum Gasteiger partial charge on any atom is 0.553 e. The first kappa shape index (κ1) is 22.2. The third-order valence-electron chi connectivity index (χ3n) is 0.999. The van der Waals surface area contributed by atoms with Gasteiger partial charge in [0, 0.05) is 0 Å². The summed E-state index contributed by atoms with van der Waals surface area (Å²) in [6.07, 6.45) is -5.09. The molecule has 0 aromatic rings. The highest BCUT2D eigenvalue weighted by Gasteiger charge is 2.50. The summed E-state index contributed by atoms with van der Waals surface area (Å²) in [5, 5.41) is 16.3. The van der Waals surface area contributed by atoms with E-state index in [-0.39, 0.29) is 0 Å². The standard InChI is InChI=1S/C2H6O17P4/c3-1(4)15-21(10,11)18-23(14,16-2(5)6)19-22(12,13)17-20(7,8)9/h(H,3,4)(H,5,6)(H,10,11)(H,12,13)(H2,7,8,9). The van der Waals surface area contributed by atoms with E-state index in [1.165, 1.54) is 0 Å². The Balaban J connectivity index is 5.51. The van der Waals surface area contributed by atoms with E-state index in [1.54, 1.807) is 0 Å². The van der Waals surface area contributed by atoms with Gasteiger partial charge >= 0.3 is 43.6 Å². The van der Waals surface area contributed by atoms with Crippen molar-refractivity contribution in [3.63, 3.8) is 0 Å². The third-order valence-corrected chi connectivity index (χ3v) is 6.69. The van der Waals surface area contributed by atoms with Crippen molar-refractivity contribution in [1.29, 1.82) is 0 Å². The molecule has 0 aliphatic heterocycles. The van der Waals surface area contributed by atoms with Crippen LogP contribution < -0.4 is 0 Å². The SMILES string of the molecule is O=C(O)OP(=O)(O)OP(=O)(OC(=O)O)OP(=O)(O)OP(=O)(O)O. The van der Waals surface area contributed by atoms with Crippen LogP contribution in [0.1, 0.15) is 0 Å². The molecule has 3 atom stereocenters. The molecule has 21 heteroatoms. The quantitative estimate of drug-likeness (QED) is 0.293. The highest BCUT2D eigenvalue weighted by atomic mass is 31.3. The zero-order chi connectivity index (χ0) is 18.7. The van der Waals surface area contributed by atoms with Gasteiger partial charge in [-0.15, -0.1) is 0 Å². The first-order chi connectivity index (χ1) is 9.95. The molecule has 6 N–H and O–H groups in total. The number of carbonyl (C=O) groups is 2. The maximum absolute atomic E-state index is 11.6. The average Bonchev–Trinajstić information content (AvgIpc) is 2.02. The molecule has 0 saturated heterocycles. The van der Waals surface area contributed by atoms with E-state index in [2.05, 4.69) is 22.0 Å². The van der Waals surface area contributed by atoms with Crippen LogP contribution in [0.25, 0.3) is 0 Å². The van der Waals surface area contributed by atoms with Gasteiger partial charge in [0.15, 0.2) is 0 Å². The van der Waals surface area contributed by atoms with Gasteiger partial charge in [-0.2, -0.15) is 12.9 Å². The number of phosphoric acid groups is 4. The summed E-state index contributed by atoms with van der Waals surface area (Å²) in [7, 11) is -23.9. The third kappa shape index (κ3) is 10.5. The van der Waals surface area contributed by atoms with Crippen LogP contribution in [0.4, 0.5) is 9.59 Å². The molecular formula is C2H6O17P4. The Labute approximate surface area is 124 Å². The molecule has 0 rings (SSSR count). The minimum absolute atomic E-state index is 2.49. The highest BCUT2D eigenvalue weighted by Crippen LogP contribution is 2.72. The molecule has 0 aromatic carbocycles. The summed E-state index contributed by atoms with van der Waals surface area (Å²) in [6.45, 7) is 0. The lowest BCUT2D eigenvalue weighted by molar-refractivity contribution is 0.112. The van der Waals surface area contributed by atoms with Crippen molar-refractivity contribution < 1.29 is 79.6 Å². The Bertz CT molecular complexity index is 652. The Hall–Kier alpha value is -0.820. The average molecular weight is 426 g/mol. The fourth-order valence-corrected chi connectivity index (χ4v) is 5.32. The second-order valence-electron chi connectivity index (χ2n) is 2.83. The molecule has 17 nitrogen and oxygen atoms in total. The van der Waals surface area contributed by atoms with E-state index in [0.717, 1.165) is 0 Å². The van der Waals surface area contributed by atoms with E-state index in [1.807, 2.05) is 0 Å². The minimum Gasteiger partial charge on any atom is -0.449 e. The van der Waals surface area contributed by atoms with Gasteiger partial charge in [-0.05, 0) is 0 Å². The molecular weight excluding hydrogens is 420 g/mol. The minimum atomic E-state index is -6.14. The molecule has 3 unspecified atom stereocenters. The van der Waals surface area contributed by atoms with Crippen LogP contribution >= 0.6 is 31.3 Å². The Morgan fingerprint density at radius 1 is 0.652 bits per heavy atom. The second kappa shape index (κ2) is 7.38. The monoisotopic (exact) mass is 426 g/mol. The molecule has 0 saturated carbocycles. The normalized spacial score (nSPS) is 19.7. The molecule has 0 spiro atoms. The van der Waals surface area contributed by atoms with Gasteiger partial charge in [-0.1, -0.05) is 0 Å². The zero-order valence-corrected chi connectivity index (χ0v) is 13.5. The largest absolute Gasteiger partial charge is 0.553 e. The summed E-state index contributed by atoms with van der Waals surface area (Å²) in [5.74, 6) is 0. The number of rotatable bonds is 8. The Kier molecular flexibility index (Phi) is 7.12. The Morgan fingerprint density at radius 2 is 1.04 bits per heavy atom. The van der Waals surface area contributed by atoms with E-state index in [4.69, 9.17) is 29.8 Å². The topological polar surface area (TPSA) is 270 Å².